The summed E-state index contributed by atoms with van der Waals surface area (Å²) in [5, 5.41) is 23.1. The summed E-state index contributed by atoms with van der Waals surface area (Å²) < 4.78 is 5.62. The molecule has 0 fully saturated rings. The molecule has 0 bridgehead atoms. The first-order valence-electron chi connectivity index (χ1n) is 13.7. The monoisotopic (exact) mass is 573 g/mol. The Morgan fingerprint density at radius 1 is 1.05 bits per heavy atom. The number of thiazole rings is 1. The van der Waals surface area contributed by atoms with Crippen molar-refractivity contribution in [2.45, 2.75) is 65.6 Å². The Morgan fingerprint density at radius 3 is 2.32 bits per heavy atom. The molecule has 214 valence electrons. The SMILES string of the molecule is CCC(CC)c1ccc(N(Cc2ccc(-c3csc(COc4cc(C(=O)O)ccc4[N+](=O)[O-])n3)cc2)C(C)C)cc1. The maximum atomic E-state index is 11.3. The number of anilines is 1. The normalized spacial score (nSPS) is 11.2. The molecule has 0 radical (unpaired) electrons. The Bertz CT molecular complexity index is 1480. The lowest BCUT2D eigenvalue weighted by atomic mass is 9.94. The molecule has 4 rings (SSSR count). The van der Waals surface area contributed by atoms with E-state index in [1.54, 1.807) is 0 Å². The van der Waals surface area contributed by atoms with E-state index in [2.05, 4.69) is 74.0 Å². The number of carboxylic acids is 1. The van der Waals surface area contributed by atoms with Crippen molar-refractivity contribution in [1.29, 1.82) is 0 Å². The molecule has 0 spiro atoms. The first-order chi connectivity index (χ1) is 19.7. The van der Waals surface area contributed by atoms with E-state index in [-0.39, 0.29) is 23.6 Å². The Balaban J connectivity index is 1.43. The number of ether oxygens (including phenoxy) is 1. The molecule has 0 saturated carbocycles. The lowest BCUT2D eigenvalue weighted by Crippen LogP contribution is -2.30. The van der Waals surface area contributed by atoms with Gasteiger partial charge in [0, 0.05) is 41.4 Å². The van der Waals surface area contributed by atoms with Gasteiger partial charge in [-0.1, -0.05) is 50.2 Å². The summed E-state index contributed by atoms with van der Waals surface area (Å²) in [6.07, 6.45) is 2.29. The van der Waals surface area contributed by atoms with Gasteiger partial charge in [0.15, 0.2) is 5.75 Å². The van der Waals surface area contributed by atoms with Crippen molar-refractivity contribution < 1.29 is 19.6 Å². The van der Waals surface area contributed by atoms with E-state index in [9.17, 15) is 20.0 Å². The quantitative estimate of drug-likeness (QED) is 0.127. The van der Waals surface area contributed by atoms with E-state index < -0.39 is 10.9 Å². The van der Waals surface area contributed by atoms with Crippen LogP contribution in [0.25, 0.3) is 11.3 Å². The highest BCUT2D eigenvalue weighted by Gasteiger charge is 2.19. The fraction of sp³-hybridized carbons (Fsp3) is 0.312. The van der Waals surface area contributed by atoms with Crippen molar-refractivity contribution in [3.63, 3.8) is 0 Å². The second-order valence-corrected chi connectivity index (χ2v) is 11.1. The fourth-order valence-electron chi connectivity index (χ4n) is 4.81. The van der Waals surface area contributed by atoms with Crippen molar-refractivity contribution in [2.75, 3.05) is 4.90 Å². The first-order valence-corrected chi connectivity index (χ1v) is 14.6. The summed E-state index contributed by atoms with van der Waals surface area (Å²) in [5.74, 6) is -0.685. The third-order valence-electron chi connectivity index (χ3n) is 7.21. The number of aromatic carboxylic acids is 1. The molecule has 41 heavy (non-hydrogen) atoms. The lowest BCUT2D eigenvalue weighted by molar-refractivity contribution is -0.385. The average Bonchev–Trinajstić information content (AvgIpc) is 3.45. The molecule has 3 aromatic carbocycles. The minimum absolute atomic E-state index is 0.00788. The minimum Gasteiger partial charge on any atom is -0.479 e. The van der Waals surface area contributed by atoms with Crippen LogP contribution in [-0.4, -0.2) is 27.0 Å². The third kappa shape index (κ3) is 7.29. The largest absolute Gasteiger partial charge is 0.479 e. The van der Waals surface area contributed by atoms with Crippen LogP contribution in [0.3, 0.4) is 0 Å². The minimum atomic E-state index is -1.18. The van der Waals surface area contributed by atoms with Crippen molar-refractivity contribution >= 4 is 28.7 Å². The maximum absolute atomic E-state index is 11.3. The number of nitro benzene ring substituents is 1. The molecule has 9 heteroatoms. The van der Waals surface area contributed by atoms with Crippen LogP contribution in [0.15, 0.2) is 72.1 Å². The summed E-state index contributed by atoms with van der Waals surface area (Å²) in [5.41, 5.74) is 5.16. The number of aromatic nitrogens is 1. The molecule has 0 unspecified atom stereocenters. The number of rotatable bonds is 13. The molecule has 0 saturated heterocycles. The smallest absolute Gasteiger partial charge is 0.335 e. The van der Waals surface area contributed by atoms with Gasteiger partial charge in [-0.2, -0.15) is 0 Å². The van der Waals surface area contributed by atoms with E-state index in [1.165, 1.54) is 34.2 Å². The third-order valence-corrected chi connectivity index (χ3v) is 8.04. The van der Waals surface area contributed by atoms with Gasteiger partial charge in [0.1, 0.15) is 11.6 Å². The highest BCUT2D eigenvalue weighted by atomic mass is 32.1. The van der Waals surface area contributed by atoms with E-state index in [1.807, 2.05) is 17.5 Å². The maximum Gasteiger partial charge on any atom is 0.335 e. The van der Waals surface area contributed by atoms with E-state index >= 15 is 0 Å². The molecule has 1 heterocycles. The first kappa shape index (κ1) is 29.7. The van der Waals surface area contributed by atoms with Crippen LogP contribution < -0.4 is 9.64 Å². The Morgan fingerprint density at radius 2 is 1.73 bits per heavy atom. The standard InChI is InChI=1S/C32H35N3O5S/c1-5-23(6-2)24-11-14-27(15-12-24)34(21(3)4)18-22-7-9-25(10-8-22)28-20-41-31(33-28)19-40-30-17-26(32(36)37)13-16-29(30)35(38)39/h7-17,20-21,23H,5-6,18-19H2,1-4H3,(H,36,37). The van der Waals surface area contributed by atoms with Gasteiger partial charge in [0.05, 0.1) is 16.2 Å². The van der Waals surface area contributed by atoms with Gasteiger partial charge < -0.3 is 14.7 Å². The van der Waals surface area contributed by atoms with Gasteiger partial charge in [0.2, 0.25) is 0 Å². The molecule has 0 amide bonds. The van der Waals surface area contributed by atoms with Gasteiger partial charge in [-0.3, -0.25) is 10.1 Å². The van der Waals surface area contributed by atoms with Crippen molar-refractivity contribution in [1.82, 2.24) is 4.98 Å². The summed E-state index contributed by atoms with van der Waals surface area (Å²) >= 11 is 1.38. The van der Waals surface area contributed by atoms with Crippen LogP contribution in [-0.2, 0) is 13.2 Å². The molecule has 1 N–H and O–H groups in total. The Kier molecular flexibility index (Phi) is 9.73. The molecular formula is C32H35N3O5S. The predicted octanol–water partition coefficient (Wildman–Crippen LogP) is 8.31. The highest BCUT2D eigenvalue weighted by molar-refractivity contribution is 7.09. The topological polar surface area (TPSA) is 106 Å². The Hall–Kier alpha value is -4.24. The van der Waals surface area contributed by atoms with Crippen molar-refractivity contribution in [3.05, 3.63) is 104 Å². The van der Waals surface area contributed by atoms with Crippen LogP contribution >= 0.6 is 11.3 Å². The van der Waals surface area contributed by atoms with Crippen molar-refractivity contribution in [3.8, 4) is 17.0 Å². The van der Waals surface area contributed by atoms with E-state index in [4.69, 9.17) is 4.74 Å². The molecule has 0 atom stereocenters. The Labute approximate surface area is 244 Å². The van der Waals surface area contributed by atoms with Crippen LogP contribution in [0.2, 0.25) is 0 Å². The number of carboxylic acid groups (broad SMARTS) is 1. The zero-order valence-electron chi connectivity index (χ0n) is 23.7. The molecule has 1 aromatic heterocycles. The van der Waals surface area contributed by atoms with Crippen LogP contribution in [0.5, 0.6) is 5.75 Å². The van der Waals surface area contributed by atoms with E-state index in [0.717, 1.165) is 42.8 Å². The van der Waals surface area contributed by atoms with Gasteiger partial charge in [-0.25, -0.2) is 9.78 Å². The second-order valence-electron chi connectivity index (χ2n) is 10.2. The van der Waals surface area contributed by atoms with Crippen LogP contribution in [0.4, 0.5) is 11.4 Å². The molecule has 8 nitrogen and oxygen atoms in total. The number of hydrogen-bond donors (Lipinski definition) is 1. The lowest BCUT2D eigenvalue weighted by Gasteiger charge is -2.30. The molecule has 0 aliphatic rings. The summed E-state index contributed by atoms with van der Waals surface area (Å²) in [6.45, 7) is 9.66. The predicted molar refractivity (Wildman–Crippen MR) is 163 cm³/mol. The number of carbonyl (C=O) groups is 1. The zero-order chi connectivity index (χ0) is 29.5. The van der Waals surface area contributed by atoms with Gasteiger partial charge in [-0.05, 0) is 61.9 Å². The fourth-order valence-corrected chi connectivity index (χ4v) is 5.52. The molecule has 0 aliphatic heterocycles. The van der Waals surface area contributed by atoms with E-state index in [0.29, 0.717) is 17.0 Å². The van der Waals surface area contributed by atoms with Gasteiger partial charge in [0.25, 0.3) is 0 Å². The number of nitrogens with zero attached hydrogens (tertiary/aromatic N) is 3. The van der Waals surface area contributed by atoms with Crippen LogP contribution in [0.1, 0.15) is 72.9 Å². The average molecular weight is 574 g/mol. The summed E-state index contributed by atoms with van der Waals surface area (Å²) in [7, 11) is 0. The summed E-state index contributed by atoms with van der Waals surface area (Å²) in [6, 6.07) is 21.1. The van der Waals surface area contributed by atoms with Crippen molar-refractivity contribution in [2.24, 2.45) is 0 Å². The molecular weight excluding hydrogens is 538 g/mol. The van der Waals surface area contributed by atoms with Gasteiger partial charge >= 0.3 is 11.7 Å². The number of nitro groups is 1. The molecule has 0 aliphatic carbocycles. The number of hydrogen-bond acceptors (Lipinski definition) is 7. The number of benzene rings is 3. The molecule has 4 aromatic rings. The van der Waals surface area contributed by atoms with Gasteiger partial charge in [-0.15, -0.1) is 11.3 Å². The highest BCUT2D eigenvalue weighted by Crippen LogP contribution is 2.31. The summed E-state index contributed by atoms with van der Waals surface area (Å²) in [4.78, 5) is 29.0. The van der Waals surface area contributed by atoms with Crippen LogP contribution in [0, 0.1) is 10.1 Å². The zero-order valence-corrected chi connectivity index (χ0v) is 24.6. The second kappa shape index (κ2) is 13.4.